The van der Waals surface area contributed by atoms with Crippen molar-refractivity contribution in [2.75, 3.05) is 59.1 Å². The highest BCUT2D eigenvalue weighted by Crippen LogP contribution is 2.39. The smallest absolute Gasteiger partial charge is 0.320 e. The lowest BCUT2D eigenvalue weighted by Crippen LogP contribution is -2.47. The van der Waals surface area contributed by atoms with Crippen LogP contribution in [0.3, 0.4) is 0 Å². The molecule has 2 aliphatic heterocycles. The number of carbonyl (C=O) groups excluding carboxylic acids is 2. The second-order valence-electron chi connectivity index (χ2n) is 12.1. The molecule has 0 bridgehead atoms. The summed E-state index contributed by atoms with van der Waals surface area (Å²) in [5, 5.41) is 8.72. The van der Waals surface area contributed by atoms with Crippen LogP contribution in [0.25, 0.3) is 0 Å². The minimum absolute atomic E-state index is 0. The monoisotopic (exact) mass is 676 g/mol. The third-order valence-electron chi connectivity index (χ3n) is 7.82. The Labute approximate surface area is 270 Å². The number of rotatable bonds is 12. The van der Waals surface area contributed by atoms with Crippen molar-refractivity contribution in [1.29, 1.82) is 5.41 Å². The molecule has 0 radical (unpaired) electrons. The number of hydrogen-bond donors (Lipinski definition) is 1. The minimum atomic E-state index is -0.623. The van der Waals surface area contributed by atoms with Crippen LogP contribution in [0.1, 0.15) is 74.2 Å². The Balaban J connectivity index is 0.00000529. The maximum absolute atomic E-state index is 15.5. The van der Waals surface area contributed by atoms with Crippen molar-refractivity contribution in [1.82, 2.24) is 14.7 Å². The average molecular weight is 678 g/mol. The Morgan fingerprint density at radius 2 is 1.57 bits per heavy atom. The lowest BCUT2D eigenvalue weighted by molar-refractivity contribution is -0.144. The van der Waals surface area contributed by atoms with Crippen LogP contribution in [0, 0.1) is 11.2 Å². The van der Waals surface area contributed by atoms with Gasteiger partial charge in [0.1, 0.15) is 5.84 Å². The summed E-state index contributed by atoms with van der Waals surface area (Å²) in [5.74, 6) is -0.658. The zero-order valence-corrected chi connectivity index (χ0v) is 28.5. The van der Waals surface area contributed by atoms with Crippen LogP contribution in [0.2, 0.25) is 0 Å². The first-order valence-electron chi connectivity index (χ1n) is 15.2. The number of halogens is 2. The van der Waals surface area contributed by atoms with E-state index in [9.17, 15) is 9.59 Å². The van der Waals surface area contributed by atoms with E-state index < -0.39 is 5.82 Å². The van der Waals surface area contributed by atoms with E-state index in [1.807, 2.05) is 26.0 Å². The van der Waals surface area contributed by atoms with E-state index in [0.29, 0.717) is 43.2 Å². The fraction of sp³-hybridized carbons (Fsp3) is 0.545. The molecule has 11 heteroatoms. The van der Waals surface area contributed by atoms with Crippen molar-refractivity contribution in [2.24, 2.45) is 0 Å². The molecule has 0 aromatic heterocycles. The van der Waals surface area contributed by atoms with Gasteiger partial charge in [0.15, 0.2) is 23.1 Å². The van der Waals surface area contributed by atoms with Crippen LogP contribution in [-0.2, 0) is 28.0 Å². The summed E-state index contributed by atoms with van der Waals surface area (Å²) in [6.45, 7) is 17.1. The molecule has 1 fully saturated rings. The quantitative estimate of drug-likeness (QED) is 0.242. The molecule has 44 heavy (non-hydrogen) atoms. The summed E-state index contributed by atoms with van der Waals surface area (Å²) < 4.78 is 31.7. The average Bonchev–Trinajstić information content (AvgIpc) is 3.26. The number of ketones is 1. The van der Waals surface area contributed by atoms with Crippen LogP contribution in [0.5, 0.6) is 11.5 Å². The normalized spacial score (nSPS) is 15.5. The Bertz CT molecular complexity index is 1350. The van der Waals surface area contributed by atoms with Gasteiger partial charge in [-0.05, 0) is 61.1 Å². The summed E-state index contributed by atoms with van der Waals surface area (Å²) in [4.78, 5) is 31.6. The molecule has 9 nitrogen and oxygen atoms in total. The molecule has 0 aliphatic carbocycles. The maximum atomic E-state index is 15.5. The van der Waals surface area contributed by atoms with Gasteiger partial charge in [0.25, 0.3) is 0 Å². The van der Waals surface area contributed by atoms with Gasteiger partial charge in [-0.2, -0.15) is 0 Å². The van der Waals surface area contributed by atoms with Crippen LogP contribution in [-0.4, -0.2) is 91.4 Å². The first kappa shape index (κ1) is 35.5. The third kappa shape index (κ3) is 8.37. The van der Waals surface area contributed by atoms with Gasteiger partial charge in [-0.25, -0.2) is 4.39 Å². The molecule has 0 spiro atoms. The van der Waals surface area contributed by atoms with Gasteiger partial charge in [0.05, 0.1) is 38.5 Å². The summed E-state index contributed by atoms with van der Waals surface area (Å²) in [7, 11) is 0. The minimum Gasteiger partial charge on any atom is -0.490 e. The Kier molecular flexibility index (Phi) is 12.3. The van der Waals surface area contributed by atoms with E-state index in [0.717, 1.165) is 37.3 Å². The zero-order chi connectivity index (χ0) is 31.3. The number of benzene rings is 2. The van der Waals surface area contributed by atoms with E-state index >= 15 is 4.39 Å². The molecular weight excluding hydrogens is 631 g/mol. The predicted octanol–water partition coefficient (Wildman–Crippen LogP) is 5.20. The number of nitrogens with zero attached hydrogens (tertiary/aromatic N) is 3. The molecule has 2 aromatic carbocycles. The van der Waals surface area contributed by atoms with Gasteiger partial charge in [-0.1, -0.05) is 26.8 Å². The number of esters is 1. The number of Topliss-reactive ketones (excluding diaryl/α,β-unsaturated/α-hetero) is 1. The fourth-order valence-corrected chi connectivity index (χ4v) is 5.55. The number of amidine groups is 1. The Morgan fingerprint density at radius 1 is 0.909 bits per heavy atom. The van der Waals surface area contributed by atoms with Gasteiger partial charge in [-0.3, -0.25) is 24.8 Å². The predicted molar refractivity (Wildman–Crippen MR) is 174 cm³/mol. The standard InChI is InChI=1S/C33H45FN4O5.BrH/c1-7-41-27-17-24-19-38(32(35)29(24)30(34)31(27)43-9-3)20-26(39)23-14-22(15-25(16-23)33(4,5)6)18-36-10-12-37(13-11-36)21-28(40)42-8-2;/h14-17,35H,7-13,18-21H2,1-6H3;1H. The second kappa shape index (κ2) is 15.3. The van der Waals surface area contributed by atoms with E-state index in [-0.39, 0.29) is 71.0 Å². The SMILES string of the molecule is Br.CCOC(=O)CN1CCN(Cc2cc(C(=O)CN3Cc4cc(OCC)c(OCC)c(F)c4C3=N)cc(C(C)(C)C)c2)CC1. The summed E-state index contributed by atoms with van der Waals surface area (Å²) in [6, 6.07) is 7.76. The zero-order valence-electron chi connectivity index (χ0n) is 26.8. The molecule has 0 amide bonds. The maximum Gasteiger partial charge on any atom is 0.320 e. The lowest BCUT2D eigenvalue weighted by atomic mass is 9.84. The molecule has 4 rings (SSSR count). The highest BCUT2D eigenvalue weighted by Gasteiger charge is 2.33. The number of nitrogens with one attached hydrogen (secondary N) is 1. The molecule has 2 heterocycles. The molecule has 0 atom stereocenters. The molecule has 1 saturated heterocycles. The number of carbonyl (C=O) groups is 2. The van der Waals surface area contributed by atoms with Crippen LogP contribution < -0.4 is 9.47 Å². The van der Waals surface area contributed by atoms with Crippen molar-refractivity contribution in [3.63, 3.8) is 0 Å². The number of ether oxygens (including phenoxy) is 3. The van der Waals surface area contributed by atoms with E-state index in [1.165, 1.54) is 0 Å². The molecule has 2 aromatic rings. The summed E-state index contributed by atoms with van der Waals surface area (Å²) >= 11 is 0. The molecule has 242 valence electrons. The molecule has 2 aliphatic rings. The van der Waals surface area contributed by atoms with Crippen LogP contribution >= 0.6 is 17.0 Å². The lowest BCUT2D eigenvalue weighted by Gasteiger charge is -2.34. The van der Waals surface area contributed by atoms with Gasteiger partial charge < -0.3 is 19.1 Å². The molecular formula is C33H46BrFN4O5. The number of fused-ring (bicyclic) bond motifs is 1. The van der Waals surface area contributed by atoms with Gasteiger partial charge in [0, 0.05) is 44.8 Å². The van der Waals surface area contributed by atoms with Crippen molar-refractivity contribution >= 4 is 34.6 Å². The van der Waals surface area contributed by atoms with Crippen LogP contribution in [0.15, 0.2) is 24.3 Å². The fourth-order valence-electron chi connectivity index (χ4n) is 5.55. The summed E-state index contributed by atoms with van der Waals surface area (Å²) in [5.41, 5.74) is 3.28. The molecule has 1 N–H and O–H groups in total. The van der Waals surface area contributed by atoms with E-state index in [2.05, 4.69) is 36.6 Å². The van der Waals surface area contributed by atoms with Crippen LogP contribution in [0.4, 0.5) is 4.39 Å². The largest absolute Gasteiger partial charge is 0.490 e. The van der Waals surface area contributed by atoms with Gasteiger partial charge in [0.2, 0.25) is 0 Å². The number of piperazine rings is 1. The summed E-state index contributed by atoms with van der Waals surface area (Å²) in [6.07, 6.45) is 0. The van der Waals surface area contributed by atoms with E-state index in [1.54, 1.807) is 17.9 Å². The topological polar surface area (TPSA) is 95.4 Å². The van der Waals surface area contributed by atoms with Crippen molar-refractivity contribution in [3.8, 4) is 11.5 Å². The number of hydrogen-bond acceptors (Lipinski definition) is 8. The molecule has 0 saturated carbocycles. The first-order chi connectivity index (χ1) is 20.4. The first-order valence-corrected chi connectivity index (χ1v) is 15.2. The van der Waals surface area contributed by atoms with E-state index in [4.69, 9.17) is 19.6 Å². The highest BCUT2D eigenvalue weighted by molar-refractivity contribution is 8.93. The molecule has 0 unspecified atom stereocenters. The van der Waals surface area contributed by atoms with Crippen molar-refractivity contribution in [3.05, 3.63) is 57.9 Å². The second-order valence-corrected chi connectivity index (χ2v) is 12.1. The third-order valence-corrected chi connectivity index (χ3v) is 7.82. The highest BCUT2D eigenvalue weighted by atomic mass is 79.9. The Hall–Kier alpha value is -3.02. The van der Waals surface area contributed by atoms with Crippen molar-refractivity contribution < 1.29 is 28.2 Å². The van der Waals surface area contributed by atoms with Gasteiger partial charge >= 0.3 is 5.97 Å². The Morgan fingerprint density at radius 3 is 2.18 bits per heavy atom. The van der Waals surface area contributed by atoms with Crippen molar-refractivity contribution in [2.45, 2.75) is 60.0 Å². The van der Waals surface area contributed by atoms with Gasteiger partial charge in [-0.15, -0.1) is 17.0 Å².